The summed E-state index contributed by atoms with van der Waals surface area (Å²) in [4.78, 5) is 11.4. The van der Waals surface area contributed by atoms with Crippen LogP contribution >= 0.6 is 0 Å². The lowest BCUT2D eigenvalue weighted by atomic mass is 9.96. The maximum absolute atomic E-state index is 11.4. The highest BCUT2D eigenvalue weighted by atomic mass is 16.4. The third-order valence-electron chi connectivity index (χ3n) is 3.74. The van der Waals surface area contributed by atoms with Crippen LogP contribution in [0.1, 0.15) is 41.3 Å². The van der Waals surface area contributed by atoms with Gasteiger partial charge in [-0.3, -0.25) is 0 Å². The molecular formula is C16H23N3O2. The lowest BCUT2D eigenvalue weighted by Gasteiger charge is -2.13. The Bertz CT molecular complexity index is 659. The topological polar surface area (TPSA) is 94.3 Å². The van der Waals surface area contributed by atoms with E-state index >= 15 is 0 Å². The van der Waals surface area contributed by atoms with E-state index in [9.17, 15) is 9.90 Å². The first-order chi connectivity index (χ1) is 9.99. The molecular weight excluding hydrogens is 266 g/mol. The fraction of sp³-hybridized carbons (Fsp3) is 0.438. The van der Waals surface area contributed by atoms with Crippen LogP contribution in [0.15, 0.2) is 18.3 Å². The van der Waals surface area contributed by atoms with Crippen molar-refractivity contribution < 1.29 is 9.90 Å². The van der Waals surface area contributed by atoms with Crippen LogP contribution in [0.2, 0.25) is 0 Å². The number of hydrogen-bond donors (Lipinski definition) is 3. The van der Waals surface area contributed by atoms with Crippen LogP contribution in [0.25, 0.3) is 10.9 Å². The van der Waals surface area contributed by atoms with E-state index in [1.165, 1.54) is 0 Å². The van der Waals surface area contributed by atoms with Crippen molar-refractivity contribution in [2.75, 3.05) is 13.1 Å². The Morgan fingerprint density at radius 3 is 2.52 bits per heavy atom. The van der Waals surface area contributed by atoms with Crippen molar-refractivity contribution in [2.24, 2.45) is 11.5 Å². The number of hydrogen-bond acceptors (Lipinski definition) is 3. The normalized spacial score (nSPS) is 11.5. The molecule has 0 spiro atoms. The molecule has 5 N–H and O–H groups in total. The fourth-order valence-electron chi connectivity index (χ4n) is 2.78. The summed E-state index contributed by atoms with van der Waals surface area (Å²) in [5.74, 6) is -0.659. The molecule has 114 valence electrons. The minimum atomic E-state index is -0.899. The molecule has 5 nitrogen and oxygen atoms in total. The van der Waals surface area contributed by atoms with Crippen LogP contribution in [0, 0.1) is 0 Å². The monoisotopic (exact) mass is 289 g/mol. The molecule has 2 rings (SSSR count). The smallest absolute Gasteiger partial charge is 0.335 e. The summed E-state index contributed by atoms with van der Waals surface area (Å²) in [6, 6.07) is 3.52. The van der Waals surface area contributed by atoms with Crippen LogP contribution in [0.5, 0.6) is 0 Å². The highest BCUT2D eigenvalue weighted by Crippen LogP contribution is 2.31. The first-order valence-electron chi connectivity index (χ1n) is 7.28. The molecule has 0 aliphatic rings. The second kappa shape index (κ2) is 6.28. The van der Waals surface area contributed by atoms with E-state index < -0.39 is 5.97 Å². The van der Waals surface area contributed by atoms with Crippen molar-refractivity contribution in [1.29, 1.82) is 0 Å². The highest BCUT2D eigenvalue weighted by Gasteiger charge is 2.17. The van der Waals surface area contributed by atoms with Gasteiger partial charge in [-0.25, -0.2) is 4.79 Å². The Labute approximate surface area is 124 Å². The van der Waals surface area contributed by atoms with Crippen molar-refractivity contribution in [3.8, 4) is 0 Å². The van der Waals surface area contributed by atoms with Crippen molar-refractivity contribution in [1.82, 2.24) is 4.57 Å². The number of carboxylic acids is 1. The molecule has 0 aliphatic heterocycles. The van der Waals surface area contributed by atoms with Crippen LogP contribution in [0.3, 0.4) is 0 Å². The molecule has 1 aromatic carbocycles. The van der Waals surface area contributed by atoms with Gasteiger partial charge in [-0.05, 0) is 42.1 Å². The summed E-state index contributed by atoms with van der Waals surface area (Å²) < 4.78 is 2.13. The Hall–Kier alpha value is -1.85. The highest BCUT2D eigenvalue weighted by molar-refractivity contribution is 5.97. The lowest BCUT2D eigenvalue weighted by molar-refractivity contribution is 0.0697. The Morgan fingerprint density at radius 1 is 1.29 bits per heavy atom. The molecule has 2 aromatic rings. The van der Waals surface area contributed by atoms with Gasteiger partial charge in [0.05, 0.1) is 11.1 Å². The molecule has 0 bridgehead atoms. The summed E-state index contributed by atoms with van der Waals surface area (Å²) in [7, 11) is 0. The van der Waals surface area contributed by atoms with Crippen LogP contribution in [-0.4, -0.2) is 28.7 Å². The number of aromatic nitrogens is 1. The summed E-state index contributed by atoms with van der Waals surface area (Å²) in [6.07, 6.45) is 2.79. The van der Waals surface area contributed by atoms with E-state index in [0.717, 1.165) is 28.5 Å². The number of nitrogens with zero attached hydrogens (tertiary/aromatic N) is 1. The zero-order valence-corrected chi connectivity index (χ0v) is 12.6. The van der Waals surface area contributed by atoms with Crippen LogP contribution < -0.4 is 11.5 Å². The molecule has 0 amide bonds. The molecule has 1 heterocycles. The zero-order chi connectivity index (χ0) is 15.6. The number of benzene rings is 1. The predicted molar refractivity (Wildman–Crippen MR) is 84.8 cm³/mol. The van der Waals surface area contributed by atoms with E-state index in [1.54, 1.807) is 12.1 Å². The summed E-state index contributed by atoms with van der Waals surface area (Å²) in [5, 5.41) is 10.3. The molecule has 1 aromatic heterocycles. The standard InChI is InChI=1S/C16H23N3O2/c1-10(2)13-7-12(16(20)21)8-14-11(3-4-17)9-19(6-5-18)15(13)14/h7-10H,3-6,17-18H2,1-2H3,(H,20,21). The van der Waals surface area contributed by atoms with Gasteiger partial charge in [0.15, 0.2) is 0 Å². The number of nitrogens with two attached hydrogens (primary N) is 2. The largest absolute Gasteiger partial charge is 0.478 e. The average molecular weight is 289 g/mol. The van der Waals surface area contributed by atoms with Gasteiger partial charge in [-0.2, -0.15) is 0 Å². The van der Waals surface area contributed by atoms with Gasteiger partial charge in [0.25, 0.3) is 0 Å². The maximum atomic E-state index is 11.4. The average Bonchev–Trinajstić information content (AvgIpc) is 2.77. The Balaban J connectivity index is 2.79. The second-order valence-electron chi connectivity index (χ2n) is 5.60. The number of carboxylic acid groups (broad SMARTS) is 1. The minimum absolute atomic E-state index is 0.240. The minimum Gasteiger partial charge on any atom is -0.478 e. The third kappa shape index (κ3) is 2.94. The van der Waals surface area contributed by atoms with E-state index in [-0.39, 0.29) is 5.92 Å². The van der Waals surface area contributed by atoms with E-state index in [2.05, 4.69) is 24.6 Å². The molecule has 0 fully saturated rings. The predicted octanol–water partition coefficient (Wildman–Crippen LogP) is 1.92. The van der Waals surface area contributed by atoms with Crippen molar-refractivity contribution in [2.45, 2.75) is 32.7 Å². The van der Waals surface area contributed by atoms with Crippen LogP contribution in [-0.2, 0) is 13.0 Å². The molecule has 0 saturated heterocycles. The van der Waals surface area contributed by atoms with Gasteiger partial charge in [0.2, 0.25) is 0 Å². The lowest BCUT2D eigenvalue weighted by Crippen LogP contribution is -2.10. The van der Waals surface area contributed by atoms with E-state index in [1.807, 2.05) is 0 Å². The summed E-state index contributed by atoms with van der Waals surface area (Å²) in [5.41, 5.74) is 14.9. The first-order valence-corrected chi connectivity index (χ1v) is 7.28. The SMILES string of the molecule is CC(C)c1cc(C(=O)O)cc2c(CCN)cn(CCN)c12. The van der Waals surface area contributed by atoms with E-state index in [0.29, 0.717) is 25.2 Å². The van der Waals surface area contributed by atoms with Gasteiger partial charge in [-0.1, -0.05) is 13.8 Å². The summed E-state index contributed by atoms with van der Waals surface area (Å²) in [6.45, 7) is 5.94. The maximum Gasteiger partial charge on any atom is 0.335 e. The zero-order valence-electron chi connectivity index (χ0n) is 12.6. The number of carbonyl (C=O) groups is 1. The third-order valence-corrected chi connectivity index (χ3v) is 3.74. The molecule has 0 aliphatic carbocycles. The second-order valence-corrected chi connectivity index (χ2v) is 5.60. The van der Waals surface area contributed by atoms with Gasteiger partial charge < -0.3 is 21.1 Å². The van der Waals surface area contributed by atoms with Gasteiger partial charge in [0.1, 0.15) is 0 Å². The van der Waals surface area contributed by atoms with Gasteiger partial charge >= 0.3 is 5.97 Å². The number of aromatic carboxylic acids is 1. The van der Waals surface area contributed by atoms with Gasteiger partial charge in [0, 0.05) is 24.7 Å². The quantitative estimate of drug-likeness (QED) is 0.757. The Morgan fingerprint density at radius 2 is 2.00 bits per heavy atom. The molecule has 21 heavy (non-hydrogen) atoms. The summed E-state index contributed by atoms with van der Waals surface area (Å²) >= 11 is 0. The number of rotatable bonds is 6. The van der Waals surface area contributed by atoms with Crippen LogP contribution in [0.4, 0.5) is 0 Å². The molecule has 0 atom stereocenters. The van der Waals surface area contributed by atoms with Gasteiger partial charge in [-0.15, -0.1) is 0 Å². The Kier molecular flexibility index (Phi) is 4.65. The molecule has 0 saturated carbocycles. The van der Waals surface area contributed by atoms with Crippen molar-refractivity contribution >= 4 is 16.9 Å². The van der Waals surface area contributed by atoms with E-state index in [4.69, 9.17) is 11.5 Å². The van der Waals surface area contributed by atoms with Crippen molar-refractivity contribution in [3.63, 3.8) is 0 Å². The first kappa shape index (κ1) is 15.5. The fourth-order valence-corrected chi connectivity index (χ4v) is 2.78. The van der Waals surface area contributed by atoms with Crippen molar-refractivity contribution in [3.05, 3.63) is 35.0 Å². The molecule has 5 heteroatoms. The number of fused-ring (bicyclic) bond motifs is 1. The molecule has 0 radical (unpaired) electrons. The molecule has 0 unspecified atom stereocenters.